The molecular formula is C21H23FN2O. The number of benzene rings is 2. The van der Waals surface area contributed by atoms with E-state index in [0.717, 1.165) is 43.6 Å². The molecule has 0 spiro atoms. The van der Waals surface area contributed by atoms with Crippen LogP contribution in [-0.4, -0.2) is 30.4 Å². The molecule has 2 aromatic rings. The zero-order valence-electron chi connectivity index (χ0n) is 14.3. The van der Waals surface area contributed by atoms with Gasteiger partial charge in [0.1, 0.15) is 5.82 Å². The van der Waals surface area contributed by atoms with Crippen LogP contribution in [0.3, 0.4) is 0 Å². The molecule has 2 aliphatic rings. The molecule has 0 aromatic heterocycles. The van der Waals surface area contributed by atoms with Crippen molar-refractivity contribution in [2.75, 3.05) is 24.5 Å². The zero-order valence-corrected chi connectivity index (χ0v) is 14.3. The first-order chi connectivity index (χ1) is 12.2. The number of rotatable bonds is 3. The maximum Gasteiger partial charge on any atom is 0.254 e. The van der Waals surface area contributed by atoms with Crippen molar-refractivity contribution in [3.63, 3.8) is 0 Å². The van der Waals surface area contributed by atoms with Crippen molar-refractivity contribution >= 4 is 11.6 Å². The highest BCUT2D eigenvalue weighted by Gasteiger charge is 2.30. The Morgan fingerprint density at radius 3 is 2.24 bits per heavy atom. The molecule has 1 amide bonds. The fourth-order valence-electron chi connectivity index (χ4n) is 4.00. The average Bonchev–Trinajstić information content (AvgIpc) is 3.34. The van der Waals surface area contributed by atoms with Gasteiger partial charge in [-0.15, -0.1) is 0 Å². The van der Waals surface area contributed by atoms with E-state index in [4.69, 9.17) is 0 Å². The zero-order chi connectivity index (χ0) is 17.2. The second-order valence-corrected chi connectivity index (χ2v) is 6.95. The van der Waals surface area contributed by atoms with Crippen molar-refractivity contribution in [2.45, 2.75) is 31.7 Å². The maximum atomic E-state index is 13.2. The van der Waals surface area contributed by atoms with Crippen LogP contribution in [0.4, 0.5) is 10.1 Å². The monoisotopic (exact) mass is 338 g/mol. The summed E-state index contributed by atoms with van der Waals surface area (Å²) in [6, 6.07) is 14.6. The first kappa shape index (κ1) is 16.1. The molecule has 4 rings (SSSR count). The largest absolute Gasteiger partial charge is 0.372 e. The van der Waals surface area contributed by atoms with Crippen LogP contribution in [0.15, 0.2) is 48.5 Å². The van der Waals surface area contributed by atoms with Crippen LogP contribution in [0.1, 0.15) is 47.6 Å². The molecule has 2 saturated heterocycles. The van der Waals surface area contributed by atoms with Gasteiger partial charge in [0.05, 0.1) is 6.04 Å². The Labute approximate surface area is 148 Å². The van der Waals surface area contributed by atoms with Gasteiger partial charge in [0, 0.05) is 30.9 Å². The highest BCUT2D eigenvalue weighted by Crippen LogP contribution is 2.33. The third-order valence-corrected chi connectivity index (χ3v) is 5.35. The molecule has 0 saturated carbocycles. The van der Waals surface area contributed by atoms with Gasteiger partial charge in [-0.3, -0.25) is 4.79 Å². The standard InChI is InChI=1S/C21H23FN2O/c22-18-9-5-16(6-10-18)20-4-3-15-24(20)21(25)17-7-11-19(12-8-17)23-13-1-2-14-23/h5-12,20H,1-4,13-15H2. The lowest BCUT2D eigenvalue weighted by atomic mass is 10.0. The summed E-state index contributed by atoms with van der Waals surface area (Å²) >= 11 is 0. The van der Waals surface area contributed by atoms with Crippen LogP contribution in [0.2, 0.25) is 0 Å². The third kappa shape index (κ3) is 3.26. The SMILES string of the molecule is O=C(c1ccc(N2CCCC2)cc1)N1CCCC1c1ccc(F)cc1. The quantitative estimate of drug-likeness (QED) is 0.828. The lowest BCUT2D eigenvalue weighted by Gasteiger charge is -2.25. The van der Waals surface area contributed by atoms with Crippen molar-refractivity contribution < 1.29 is 9.18 Å². The molecule has 4 heteroatoms. The van der Waals surface area contributed by atoms with Crippen molar-refractivity contribution in [3.05, 3.63) is 65.5 Å². The van der Waals surface area contributed by atoms with Gasteiger partial charge in [0.2, 0.25) is 0 Å². The van der Waals surface area contributed by atoms with Crippen molar-refractivity contribution in [2.24, 2.45) is 0 Å². The van der Waals surface area contributed by atoms with E-state index in [2.05, 4.69) is 17.0 Å². The maximum absolute atomic E-state index is 13.2. The van der Waals surface area contributed by atoms with Gasteiger partial charge in [-0.25, -0.2) is 4.39 Å². The minimum Gasteiger partial charge on any atom is -0.372 e. The molecule has 0 bridgehead atoms. The summed E-state index contributed by atoms with van der Waals surface area (Å²) in [6.07, 6.45) is 4.41. The number of anilines is 1. The molecule has 0 aliphatic carbocycles. The number of hydrogen-bond donors (Lipinski definition) is 0. The molecular weight excluding hydrogens is 315 g/mol. The van der Waals surface area contributed by atoms with Gasteiger partial charge in [-0.05, 0) is 67.6 Å². The number of likely N-dealkylation sites (tertiary alicyclic amines) is 1. The Kier molecular flexibility index (Phi) is 4.43. The summed E-state index contributed by atoms with van der Waals surface area (Å²) in [5, 5.41) is 0. The van der Waals surface area contributed by atoms with Crippen molar-refractivity contribution in [1.29, 1.82) is 0 Å². The molecule has 1 unspecified atom stereocenters. The molecule has 2 heterocycles. The highest BCUT2D eigenvalue weighted by atomic mass is 19.1. The van der Waals surface area contributed by atoms with Gasteiger partial charge in [0.15, 0.2) is 0 Å². The van der Waals surface area contributed by atoms with E-state index in [9.17, 15) is 9.18 Å². The summed E-state index contributed by atoms with van der Waals surface area (Å²) in [4.78, 5) is 17.3. The summed E-state index contributed by atoms with van der Waals surface area (Å²) < 4.78 is 13.2. The molecule has 3 nitrogen and oxygen atoms in total. The van der Waals surface area contributed by atoms with Gasteiger partial charge in [0.25, 0.3) is 5.91 Å². The van der Waals surface area contributed by atoms with E-state index in [0.29, 0.717) is 0 Å². The third-order valence-electron chi connectivity index (χ3n) is 5.35. The molecule has 1 atom stereocenters. The fourth-order valence-corrected chi connectivity index (χ4v) is 4.00. The van der Waals surface area contributed by atoms with Gasteiger partial charge >= 0.3 is 0 Å². The number of amides is 1. The predicted octanol–water partition coefficient (Wildman–Crippen LogP) is 4.40. The summed E-state index contributed by atoms with van der Waals surface area (Å²) in [5.41, 5.74) is 2.95. The van der Waals surface area contributed by atoms with Gasteiger partial charge < -0.3 is 9.80 Å². The number of hydrogen-bond acceptors (Lipinski definition) is 2. The Balaban J connectivity index is 1.52. The summed E-state index contributed by atoms with van der Waals surface area (Å²) in [5.74, 6) is -0.170. The van der Waals surface area contributed by atoms with Crippen LogP contribution in [-0.2, 0) is 0 Å². The van der Waals surface area contributed by atoms with E-state index < -0.39 is 0 Å². The van der Waals surface area contributed by atoms with Crippen LogP contribution < -0.4 is 4.90 Å². The van der Waals surface area contributed by atoms with E-state index in [1.807, 2.05) is 17.0 Å². The van der Waals surface area contributed by atoms with Gasteiger partial charge in [-0.1, -0.05) is 12.1 Å². The van der Waals surface area contributed by atoms with Crippen LogP contribution >= 0.6 is 0 Å². The van der Waals surface area contributed by atoms with Crippen molar-refractivity contribution in [3.8, 4) is 0 Å². The summed E-state index contributed by atoms with van der Waals surface area (Å²) in [7, 11) is 0. The van der Waals surface area contributed by atoms with Gasteiger partial charge in [-0.2, -0.15) is 0 Å². The minimum atomic E-state index is -0.239. The molecule has 0 radical (unpaired) electrons. The van der Waals surface area contributed by atoms with Crippen molar-refractivity contribution in [1.82, 2.24) is 4.90 Å². The van der Waals surface area contributed by atoms with Crippen LogP contribution in [0.25, 0.3) is 0 Å². The van der Waals surface area contributed by atoms with E-state index >= 15 is 0 Å². The first-order valence-electron chi connectivity index (χ1n) is 9.14. The Bertz CT molecular complexity index is 735. The summed E-state index contributed by atoms with van der Waals surface area (Å²) in [6.45, 7) is 2.97. The fraction of sp³-hybridized carbons (Fsp3) is 0.381. The normalized spacial score (nSPS) is 20.3. The average molecular weight is 338 g/mol. The topological polar surface area (TPSA) is 23.6 Å². The predicted molar refractivity (Wildman–Crippen MR) is 97.3 cm³/mol. The lowest BCUT2D eigenvalue weighted by Crippen LogP contribution is -2.30. The highest BCUT2D eigenvalue weighted by molar-refractivity contribution is 5.95. The van der Waals surface area contributed by atoms with Crippen LogP contribution in [0, 0.1) is 5.82 Å². The smallest absolute Gasteiger partial charge is 0.254 e. The van der Waals surface area contributed by atoms with Crippen LogP contribution in [0.5, 0.6) is 0 Å². The van der Waals surface area contributed by atoms with E-state index in [-0.39, 0.29) is 17.8 Å². The van der Waals surface area contributed by atoms with E-state index in [1.165, 1.54) is 30.7 Å². The molecule has 25 heavy (non-hydrogen) atoms. The lowest BCUT2D eigenvalue weighted by molar-refractivity contribution is 0.0735. The Hall–Kier alpha value is -2.36. The van der Waals surface area contributed by atoms with E-state index in [1.54, 1.807) is 12.1 Å². The first-order valence-corrected chi connectivity index (χ1v) is 9.14. The molecule has 2 fully saturated rings. The molecule has 2 aliphatic heterocycles. The molecule has 0 N–H and O–H groups in total. The Morgan fingerprint density at radius 1 is 0.880 bits per heavy atom. The second kappa shape index (κ2) is 6.87. The molecule has 130 valence electrons. The molecule has 2 aromatic carbocycles. The minimum absolute atomic E-state index is 0.0476. The number of carbonyl (C=O) groups is 1. The number of carbonyl (C=O) groups excluding carboxylic acids is 1. The Morgan fingerprint density at radius 2 is 1.56 bits per heavy atom. The number of nitrogens with zero attached hydrogens (tertiary/aromatic N) is 2. The second-order valence-electron chi connectivity index (χ2n) is 6.95. The number of halogens is 1.